The van der Waals surface area contributed by atoms with Gasteiger partial charge in [-0.2, -0.15) is 0 Å². The molecule has 146 valence electrons. The highest BCUT2D eigenvalue weighted by Gasteiger charge is 2.22. The average molecular weight is 414 g/mol. The molecule has 3 aromatic rings. The van der Waals surface area contributed by atoms with Crippen molar-refractivity contribution >= 4 is 34.1 Å². The van der Waals surface area contributed by atoms with E-state index in [4.69, 9.17) is 0 Å². The van der Waals surface area contributed by atoms with Gasteiger partial charge < -0.3 is 5.32 Å². The Labute approximate surface area is 173 Å². The molecule has 1 amide bonds. The van der Waals surface area contributed by atoms with Crippen LogP contribution in [0.2, 0.25) is 0 Å². The Hall–Kier alpha value is -2.45. The predicted octanol–water partition coefficient (Wildman–Crippen LogP) is 4.63. The Kier molecular flexibility index (Phi) is 6.31. The molecule has 1 N–H and O–H groups in total. The van der Waals surface area contributed by atoms with E-state index < -0.39 is 0 Å². The van der Waals surface area contributed by atoms with E-state index in [-0.39, 0.29) is 11.2 Å². The van der Waals surface area contributed by atoms with Crippen molar-refractivity contribution in [3.05, 3.63) is 53.1 Å². The summed E-state index contributed by atoms with van der Waals surface area (Å²) >= 11 is 2.86. The standard InChI is InChI=1S/C20H23N5OS2/c1-6-11-25-17(16-10-8-7-9-12(16)2)23-24-20(25)28-15(5)18(26)22-19-21-13(3)14(4)27-19/h6-10,15H,1,11H2,2-5H3,(H,21,22,26). The van der Waals surface area contributed by atoms with Gasteiger partial charge in [-0.1, -0.05) is 42.1 Å². The molecule has 1 atom stereocenters. The van der Waals surface area contributed by atoms with Crippen LogP contribution in [-0.2, 0) is 11.3 Å². The fourth-order valence-electron chi connectivity index (χ4n) is 2.64. The van der Waals surface area contributed by atoms with Crippen LogP contribution in [0, 0.1) is 20.8 Å². The van der Waals surface area contributed by atoms with E-state index in [1.807, 2.05) is 56.5 Å². The number of benzene rings is 1. The van der Waals surface area contributed by atoms with Crippen LogP contribution in [-0.4, -0.2) is 30.9 Å². The second-order valence-corrected chi connectivity index (χ2v) is 8.94. The third-order valence-corrected chi connectivity index (χ3v) is 6.39. The number of amides is 1. The fourth-order valence-corrected chi connectivity index (χ4v) is 4.31. The average Bonchev–Trinajstić information content (AvgIpc) is 3.19. The van der Waals surface area contributed by atoms with Crippen molar-refractivity contribution in [3.63, 3.8) is 0 Å². The van der Waals surface area contributed by atoms with Gasteiger partial charge in [-0.25, -0.2) is 4.98 Å². The van der Waals surface area contributed by atoms with Gasteiger partial charge in [0.15, 0.2) is 16.1 Å². The molecule has 0 saturated carbocycles. The summed E-state index contributed by atoms with van der Waals surface area (Å²) < 4.78 is 1.99. The highest BCUT2D eigenvalue weighted by Crippen LogP contribution is 2.29. The summed E-state index contributed by atoms with van der Waals surface area (Å²) in [7, 11) is 0. The first kappa shape index (κ1) is 20.3. The number of hydrogen-bond acceptors (Lipinski definition) is 6. The zero-order chi connectivity index (χ0) is 20.3. The summed E-state index contributed by atoms with van der Waals surface area (Å²) in [6.45, 7) is 12.2. The highest BCUT2D eigenvalue weighted by atomic mass is 32.2. The first-order chi connectivity index (χ1) is 13.4. The Morgan fingerprint density at radius 2 is 2.07 bits per heavy atom. The lowest BCUT2D eigenvalue weighted by atomic mass is 10.1. The first-order valence-electron chi connectivity index (χ1n) is 8.92. The SMILES string of the molecule is C=CCn1c(SC(C)C(=O)Nc2nc(C)c(C)s2)nnc1-c1ccccc1C. The second kappa shape index (κ2) is 8.70. The molecule has 0 aliphatic carbocycles. The molecule has 0 spiro atoms. The van der Waals surface area contributed by atoms with Gasteiger partial charge in [0.2, 0.25) is 5.91 Å². The summed E-state index contributed by atoms with van der Waals surface area (Å²) in [4.78, 5) is 18.1. The molecule has 1 unspecified atom stereocenters. The normalized spacial score (nSPS) is 12.0. The molecular formula is C20H23N5OS2. The van der Waals surface area contributed by atoms with Crippen molar-refractivity contribution in [1.82, 2.24) is 19.7 Å². The van der Waals surface area contributed by atoms with Crippen LogP contribution < -0.4 is 5.32 Å². The second-order valence-electron chi connectivity index (χ2n) is 6.43. The molecule has 2 aromatic heterocycles. The molecule has 1 aromatic carbocycles. The molecule has 6 nitrogen and oxygen atoms in total. The molecule has 0 aliphatic rings. The van der Waals surface area contributed by atoms with Gasteiger partial charge in [0.05, 0.1) is 10.9 Å². The predicted molar refractivity (Wildman–Crippen MR) is 116 cm³/mol. The lowest BCUT2D eigenvalue weighted by Crippen LogP contribution is -2.22. The number of nitrogens with zero attached hydrogens (tertiary/aromatic N) is 4. The molecule has 8 heteroatoms. The topological polar surface area (TPSA) is 72.7 Å². The molecule has 0 fully saturated rings. The van der Waals surface area contributed by atoms with Crippen LogP contribution >= 0.6 is 23.1 Å². The van der Waals surface area contributed by atoms with Gasteiger partial charge in [0, 0.05) is 17.0 Å². The van der Waals surface area contributed by atoms with Crippen molar-refractivity contribution < 1.29 is 4.79 Å². The van der Waals surface area contributed by atoms with Crippen LogP contribution in [0.1, 0.15) is 23.1 Å². The largest absolute Gasteiger partial charge is 0.301 e. The summed E-state index contributed by atoms with van der Waals surface area (Å²) in [5, 5.41) is 12.6. The van der Waals surface area contributed by atoms with Crippen LogP contribution in [0.25, 0.3) is 11.4 Å². The molecular weight excluding hydrogens is 390 g/mol. The molecule has 0 aliphatic heterocycles. The highest BCUT2D eigenvalue weighted by molar-refractivity contribution is 8.00. The van der Waals surface area contributed by atoms with Gasteiger partial charge in [-0.05, 0) is 33.3 Å². The van der Waals surface area contributed by atoms with Crippen molar-refractivity contribution in [1.29, 1.82) is 0 Å². The number of rotatable bonds is 7. The van der Waals surface area contributed by atoms with E-state index in [9.17, 15) is 4.79 Å². The summed E-state index contributed by atoms with van der Waals surface area (Å²) in [5.41, 5.74) is 3.08. The Morgan fingerprint density at radius 3 is 2.71 bits per heavy atom. The zero-order valence-electron chi connectivity index (χ0n) is 16.4. The number of thioether (sulfide) groups is 1. The van der Waals surface area contributed by atoms with Gasteiger partial charge in [0.1, 0.15) is 0 Å². The van der Waals surface area contributed by atoms with Gasteiger partial charge in [-0.3, -0.25) is 9.36 Å². The molecule has 0 bridgehead atoms. The summed E-state index contributed by atoms with van der Waals surface area (Å²) in [6.07, 6.45) is 1.81. The Bertz CT molecular complexity index is 988. The minimum absolute atomic E-state index is 0.107. The third-order valence-electron chi connectivity index (χ3n) is 4.32. The minimum atomic E-state index is -0.345. The summed E-state index contributed by atoms with van der Waals surface area (Å²) in [5.74, 6) is 0.670. The van der Waals surface area contributed by atoms with E-state index in [2.05, 4.69) is 27.1 Å². The van der Waals surface area contributed by atoms with E-state index in [1.54, 1.807) is 6.08 Å². The van der Waals surface area contributed by atoms with Crippen molar-refractivity contribution in [2.24, 2.45) is 0 Å². The van der Waals surface area contributed by atoms with Crippen molar-refractivity contribution in [2.75, 3.05) is 5.32 Å². The monoisotopic (exact) mass is 413 g/mol. The molecule has 0 radical (unpaired) electrons. The van der Waals surface area contributed by atoms with Crippen molar-refractivity contribution in [3.8, 4) is 11.4 Å². The van der Waals surface area contributed by atoms with E-state index in [0.29, 0.717) is 16.8 Å². The molecule has 3 rings (SSSR count). The van der Waals surface area contributed by atoms with Gasteiger partial charge in [0.25, 0.3) is 0 Å². The maximum atomic E-state index is 12.6. The first-order valence-corrected chi connectivity index (χ1v) is 10.6. The van der Waals surface area contributed by atoms with Gasteiger partial charge >= 0.3 is 0 Å². The van der Waals surface area contributed by atoms with Crippen LogP contribution in [0.15, 0.2) is 42.1 Å². The summed E-state index contributed by atoms with van der Waals surface area (Å²) in [6, 6.07) is 8.05. The minimum Gasteiger partial charge on any atom is -0.301 e. The van der Waals surface area contributed by atoms with E-state index in [1.165, 1.54) is 23.1 Å². The van der Waals surface area contributed by atoms with Gasteiger partial charge in [-0.15, -0.1) is 28.1 Å². The van der Waals surface area contributed by atoms with E-state index in [0.717, 1.165) is 27.5 Å². The van der Waals surface area contributed by atoms with Crippen molar-refractivity contribution in [2.45, 2.75) is 44.6 Å². The molecule has 0 saturated heterocycles. The van der Waals surface area contributed by atoms with Crippen LogP contribution in [0.5, 0.6) is 0 Å². The molecule has 2 heterocycles. The van der Waals surface area contributed by atoms with Crippen LogP contribution in [0.3, 0.4) is 0 Å². The third kappa shape index (κ3) is 4.34. The lowest BCUT2D eigenvalue weighted by molar-refractivity contribution is -0.115. The number of carbonyl (C=O) groups excluding carboxylic acids is 1. The lowest BCUT2D eigenvalue weighted by Gasteiger charge is -2.12. The zero-order valence-corrected chi connectivity index (χ0v) is 18.0. The smallest absolute Gasteiger partial charge is 0.239 e. The number of aromatic nitrogens is 4. The number of hydrogen-bond donors (Lipinski definition) is 1. The maximum absolute atomic E-state index is 12.6. The maximum Gasteiger partial charge on any atom is 0.239 e. The number of nitrogens with one attached hydrogen (secondary N) is 1. The Morgan fingerprint density at radius 1 is 1.32 bits per heavy atom. The van der Waals surface area contributed by atoms with Crippen LogP contribution in [0.4, 0.5) is 5.13 Å². The van der Waals surface area contributed by atoms with E-state index >= 15 is 0 Å². The Balaban J connectivity index is 1.80. The number of carbonyl (C=O) groups is 1. The molecule has 28 heavy (non-hydrogen) atoms. The number of allylic oxidation sites excluding steroid dienone is 1. The quantitative estimate of drug-likeness (QED) is 0.451. The fraction of sp³-hybridized carbons (Fsp3) is 0.300. The number of aryl methyl sites for hydroxylation is 3. The number of anilines is 1. The number of thiazole rings is 1.